The molecule has 0 amide bonds. The van der Waals surface area contributed by atoms with E-state index in [1.165, 1.54) is 77.0 Å². The van der Waals surface area contributed by atoms with Crippen LogP contribution in [0.2, 0.25) is 0 Å². The van der Waals surface area contributed by atoms with Gasteiger partial charge in [0.1, 0.15) is 0 Å². The highest BCUT2D eigenvalue weighted by molar-refractivity contribution is 4.77. The molecule has 0 aromatic rings. The SMILES string of the molecule is CCCC(CO)(CCC)CCCCCCCCCCO. The number of aliphatic hydroxyl groups is 2. The molecule has 0 rings (SSSR count). The van der Waals surface area contributed by atoms with Gasteiger partial charge in [-0.2, -0.15) is 0 Å². The molecule has 0 aromatic carbocycles. The minimum absolute atomic E-state index is 0.213. The average molecular weight is 286 g/mol. The third-order valence-corrected chi connectivity index (χ3v) is 4.51. The van der Waals surface area contributed by atoms with Crippen LogP contribution in [0.5, 0.6) is 0 Å². The van der Waals surface area contributed by atoms with Gasteiger partial charge in [-0.05, 0) is 31.1 Å². The first-order valence-corrected chi connectivity index (χ1v) is 8.96. The summed E-state index contributed by atoms with van der Waals surface area (Å²) in [7, 11) is 0. The highest BCUT2D eigenvalue weighted by atomic mass is 16.3. The van der Waals surface area contributed by atoms with Crippen molar-refractivity contribution < 1.29 is 10.2 Å². The third kappa shape index (κ3) is 9.77. The van der Waals surface area contributed by atoms with Crippen LogP contribution in [0.3, 0.4) is 0 Å². The van der Waals surface area contributed by atoms with Gasteiger partial charge in [-0.25, -0.2) is 0 Å². The molecule has 0 saturated carbocycles. The van der Waals surface area contributed by atoms with Gasteiger partial charge < -0.3 is 10.2 Å². The Morgan fingerprint density at radius 3 is 1.45 bits per heavy atom. The second kappa shape index (κ2) is 13.9. The molecule has 2 nitrogen and oxygen atoms in total. The number of hydrogen-bond acceptors (Lipinski definition) is 2. The van der Waals surface area contributed by atoms with E-state index in [1.54, 1.807) is 0 Å². The molecule has 0 bridgehead atoms. The molecule has 0 unspecified atom stereocenters. The zero-order chi connectivity index (χ0) is 15.1. The lowest BCUT2D eigenvalue weighted by atomic mass is 9.76. The summed E-state index contributed by atoms with van der Waals surface area (Å²) in [5, 5.41) is 18.4. The Bertz CT molecular complexity index is 186. The molecule has 122 valence electrons. The predicted molar refractivity (Wildman–Crippen MR) is 88.0 cm³/mol. The molecule has 20 heavy (non-hydrogen) atoms. The predicted octanol–water partition coefficient (Wildman–Crippen LogP) is 5.07. The lowest BCUT2D eigenvalue weighted by Crippen LogP contribution is -2.25. The van der Waals surface area contributed by atoms with Crippen molar-refractivity contribution in [3.8, 4) is 0 Å². The molecular formula is C18H38O2. The maximum atomic E-state index is 9.74. The fraction of sp³-hybridized carbons (Fsp3) is 1.00. The van der Waals surface area contributed by atoms with Crippen LogP contribution in [0.25, 0.3) is 0 Å². The summed E-state index contributed by atoms with van der Waals surface area (Å²) in [6.07, 6.45) is 15.9. The van der Waals surface area contributed by atoms with Gasteiger partial charge in [0.15, 0.2) is 0 Å². The smallest absolute Gasteiger partial charge is 0.0487 e. The maximum absolute atomic E-state index is 9.74. The van der Waals surface area contributed by atoms with Gasteiger partial charge in [0.25, 0.3) is 0 Å². The van der Waals surface area contributed by atoms with E-state index in [9.17, 15) is 5.11 Å². The quantitative estimate of drug-likeness (QED) is 0.413. The lowest BCUT2D eigenvalue weighted by molar-refractivity contribution is 0.0901. The molecule has 0 fully saturated rings. The van der Waals surface area contributed by atoms with E-state index in [4.69, 9.17) is 5.11 Å². The highest BCUT2D eigenvalue weighted by Crippen LogP contribution is 2.35. The van der Waals surface area contributed by atoms with Crippen molar-refractivity contribution in [1.29, 1.82) is 0 Å². The lowest BCUT2D eigenvalue weighted by Gasteiger charge is -2.31. The van der Waals surface area contributed by atoms with Crippen LogP contribution >= 0.6 is 0 Å². The van der Waals surface area contributed by atoms with Gasteiger partial charge in [-0.3, -0.25) is 0 Å². The topological polar surface area (TPSA) is 40.5 Å². The van der Waals surface area contributed by atoms with Gasteiger partial charge in [-0.15, -0.1) is 0 Å². The van der Waals surface area contributed by atoms with Gasteiger partial charge in [0.2, 0.25) is 0 Å². The summed E-state index contributed by atoms with van der Waals surface area (Å²) in [4.78, 5) is 0. The molecule has 0 aliphatic rings. The monoisotopic (exact) mass is 286 g/mol. The van der Waals surface area contributed by atoms with Crippen molar-refractivity contribution >= 4 is 0 Å². The van der Waals surface area contributed by atoms with Crippen molar-refractivity contribution in [2.45, 2.75) is 97.3 Å². The fourth-order valence-corrected chi connectivity index (χ4v) is 3.35. The summed E-state index contributed by atoms with van der Waals surface area (Å²) in [5.41, 5.74) is 0.213. The molecule has 0 spiro atoms. The highest BCUT2D eigenvalue weighted by Gasteiger charge is 2.26. The third-order valence-electron chi connectivity index (χ3n) is 4.51. The van der Waals surface area contributed by atoms with Crippen LogP contribution in [0.15, 0.2) is 0 Å². The van der Waals surface area contributed by atoms with Gasteiger partial charge in [-0.1, -0.05) is 71.6 Å². The van der Waals surface area contributed by atoms with Crippen molar-refractivity contribution in [3.05, 3.63) is 0 Å². The molecule has 2 N–H and O–H groups in total. The van der Waals surface area contributed by atoms with Crippen LogP contribution in [0, 0.1) is 5.41 Å². The Hall–Kier alpha value is -0.0800. The molecule has 0 aliphatic carbocycles. The minimum atomic E-state index is 0.213. The minimum Gasteiger partial charge on any atom is -0.396 e. The molecular weight excluding hydrogens is 248 g/mol. The first-order chi connectivity index (χ1) is 9.74. The van der Waals surface area contributed by atoms with Crippen LogP contribution < -0.4 is 0 Å². The summed E-state index contributed by atoms with van der Waals surface area (Å²) in [6.45, 7) is 5.17. The van der Waals surface area contributed by atoms with Crippen LogP contribution in [-0.2, 0) is 0 Å². The zero-order valence-corrected chi connectivity index (χ0v) is 14.0. The van der Waals surface area contributed by atoms with Crippen LogP contribution in [0.1, 0.15) is 97.3 Å². The summed E-state index contributed by atoms with van der Waals surface area (Å²) in [5.74, 6) is 0. The molecule has 0 atom stereocenters. The van der Waals surface area contributed by atoms with E-state index in [0.29, 0.717) is 13.2 Å². The van der Waals surface area contributed by atoms with Crippen molar-refractivity contribution in [2.24, 2.45) is 5.41 Å². The Labute approximate surface area is 127 Å². The Balaban J connectivity index is 3.62. The zero-order valence-electron chi connectivity index (χ0n) is 14.0. The van der Waals surface area contributed by atoms with E-state index in [0.717, 1.165) is 6.42 Å². The molecule has 0 radical (unpaired) electrons. The van der Waals surface area contributed by atoms with Crippen molar-refractivity contribution in [1.82, 2.24) is 0 Å². The first-order valence-electron chi connectivity index (χ1n) is 8.96. The summed E-state index contributed by atoms with van der Waals surface area (Å²) >= 11 is 0. The normalized spacial score (nSPS) is 12.0. The van der Waals surface area contributed by atoms with Crippen molar-refractivity contribution in [3.63, 3.8) is 0 Å². The van der Waals surface area contributed by atoms with Crippen molar-refractivity contribution in [2.75, 3.05) is 13.2 Å². The summed E-state index contributed by atoms with van der Waals surface area (Å²) < 4.78 is 0. The second-order valence-corrected chi connectivity index (χ2v) is 6.46. The fourth-order valence-electron chi connectivity index (χ4n) is 3.35. The van der Waals surface area contributed by atoms with E-state index < -0.39 is 0 Å². The number of rotatable bonds is 15. The van der Waals surface area contributed by atoms with Gasteiger partial charge >= 0.3 is 0 Å². The summed E-state index contributed by atoms with van der Waals surface area (Å²) in [6, 6.07) is 0. The average Bonchev–Trinajstić information content (AvgIpc) is 2.46. The maximum Gasteiger partial charge on any atom is 0.0487 e. The molecule has 0 heterocycles. The van der Waals surface area contributed by atoms with E-state index in [-0.39, 0.29) is 5.41 Å². The molecule has 0 aromatic heterocycles. The number of unbranched alkanes of at least 4 members (excludes halogenated alkanes) is 7. The first kappa shape index (κ1) is 19.9. The van der Waals surface area contributed by atoms with Gasteiger partial charge in [0, 0.05) is 13.2 Å². The second-order valence-electron chi connectivity index (χ2n) is 6.46. The standard InChI is InChI=1S/C18H38O2/c1-3-13-18(17-20,14-4-2)15-11-9-7-5-6-8-10-12-16-19/h19-20H,3-17H2,1-2H3. The Morgan fingerprint density at radius 1 is 0.600 bits per heavy atom. The van der Waals surface area contributed by atoms with Crippen LogP contribution in [-0.4, -0.2) is 23.4 Å². The molecule has 0 aliphatic heterocycles. The number of aliphatic hydroxyl groups excluding tert-OH is 2. The van der Waals surface area contributed by atoms with E-state index >= 15 is 0 Å². The van der Waals surface area contributed by atoms with Gasteiger partial charge in [0.05, 0.1) is 0 Å². The van der Waals surface area contributed by atoms with Crippen LogP contribution in [0.4, 0.5) is 0 Å². The molecule has 2 heteroatoms. The largest absolute Gasteiger partial charge is 0.396 e. The van der Waals surface area contributed by atoms with E-state index in [2.05, 4.69) is 13.8 Å². The number of hydrogen-bond donors (Lipinski definition) is 2. The molecule has 0 saturated heterocycles. The Kier molecular flexibility index (Phi) is 13.8. The Morgan fingerprint density at radius 2 is 1.05 bits per heavy atom. The van der Waals surface area contributed by atoms with E-state index in [1.807, 2.05) is 0 Å².